The van der Waals surface area contributed by atoms with Gasteiger partial charge in [-0.15, -0.1) is 0 Å². The standard InChI is InChI=1S/C18H19F2N5O2/c19-12-1-2-16(15(20)8-12)27-14-7-11-9-22-18(24-17(11)25(21)10-14)23-13-3-5-26-6-4-13/h1-2,7-9,13H,3-6,10,21H2,(H,22,23,24). The van der Waals surface area contributed by atoms with Gasteiger partial charge in [-0.2, -0.15) is 4.98 Å². The van der Waals surface area contributed by atoms with E-state index >= 15 is 0 Å². The first-order chi connectivity index (χ1) is 13.1. The monoisotopic (exact) mass is 375 g/mol. The SMILES string of the molecule is NN1CC(Oc2ccc(F)cc2F)=Cc2cnc(NC3CCOCC3)nc21. The summed E-state index contributed by atoms with van der Waals surface area (Å²) in [5.41, 5.74) is 0.652. The molecule has 0 saturated carbocycles. The van der Waals surface area contributed by atoms with Crippen molar-refractivity contribution in [1.29, 1.82) is 0 Å². The number of benzene rings is 1. The molecule has 0 amide bonds. The topological polar surface area (TPSA) is 85.5 Å². The number of anilines is 2. The molecule has 3 heterocycles. The normalized spacial score (nSPS) is 17.3. The van der Waals surface area contributed by atoms with Crippen LogP contribution in [-0.2, 0) is 4.74 Å². The van der Waals surface area contributed by atoms with Crippen LogP contribution < -0.4 is 20.9 Å². The number of hydrazine groups is 1. The van der Waals surface area contributed by atoms with Crippen LogP contribution in [0.15, 0.2) is 30.2 Å². The Morgan fingerprint density at radius 1 is 1.26 bits per heavy atom. The maximum atomic E-state index is 13.8. The molecule has 1 saturated heterocycles. The Hall–Kier alpha value is -2.78. The molecule has 2 aliphatic rings. The number of nitrogens with two attached hydrogens (primary N) is 1. The van der Waals surface area contributed by atoms with Gasteiger partial charge in [0.2, 0.25) is 5.95 Å². The fourth-order valence-electron chi connectivity index (χ4n) is 3.03. The number of fused-ring (bicyclic) bond motifs is 1. The highest BCUT2D eigenvalue weighted by Gasteiger charge is 2.22. The Kier molecular flexibility index (Phi) is 4.87. The number of rotatable bonds is 4. The van der Waals surface area contributed by atoms with Crippen molar-refractivity contribution in [2.75, 3.05) is 30.1 Å². The van der Waals surface area contributed by atoms with Crippen LogP contribution in [0, 0.1) is 11.6 Å². The van der Waals surface area contributed by atoms with Crippen molar-refractivity contribution in [3.63, 3.8) is 0 Å². The van der Waals surface area contributed by atoms with Crippen LogP contribution in [0.4, 0.5) is 20.5 Å². The molecule has 0 unspecified atom stereocenters. The molecule has 0 bridgehead atoms. The third-order valence-corrected chi connectivity index (χ3v) is 4.40. The molecule has 142 valence electrons. The second-order valence-electron chi connectivity index (χ2n) is 6.42. The van der Waals surface area contributed by atoms with Gasteiger partial charge in [-0.05, 0) is 31.1 Å². The minimum Gasteiger partial charge on any atom is -0.457 e. The van der Waals surface area contributed by atoms with E-state index in [4.69, 9.17) is 15.3 Å². The summed E-state index contributed by atoms with van der Waals surface area (Å²) >= 11 is 0. The average molecular weight is 375 g/mol. The van der Waals surface area contributed by atoms with Crippen LogP contribution >= 0.6 is 0 Å². The van der Waals surface area contributed by atoms with Gasteiger partial charge in [-0.3, -0.25) is 5.01 Å². The van der Waals surface area contributed by atoms with E-state index in [-0.39, 0.29) is 18.3 Å². The lowest BCUT2D eigenvalue weighted by Crippen LogP contribution is -2.37. The van der Waals surface area contributed by atoms with Gasteiger partial charge in [0.1, 0.15) is 11.6 Å². The van der Waals surface area contributed by atoms with Crippen molar-refractivity contribution in [2.24, 2.45) is 5.84 Å². The molecule has 7 nitrogen and oxygen atoms in total. The summed E-state index contributed by atoms with van der Waals surface area (Å²) in [4.78, 5) is 8.80. The molecular formula is C18H19F2N5O2. The first-order valence-electron chi connectivity index (χ1n) is 8.65. The molecule has 9 heteroatoms. The van der Waals surface area contributed by atoms with Crippen LogP contribution in [-0.4, -0.2) is 35.8 Å². The van der Waals surface area contributed by atoms with Gasteiger partial charge >= 0.3 is 0 Å². The molecule has 3 N–H and O–H groups in total. The summed E-state index contributed by atoms with van der Waals surface area (Å²) in [6.07, 6.45) is 5.12. The van der Waals surface area contributed by atoms with Crippen LogP contribution in [0.25, 0.3) is 6.08 Å². The van der Waals surface area contributed by atoms with Crippen LogP contribution in [0.5, 0.6) is 5.75 Å². The molecule has 1 fully saturated rings. The van der Waals surface area contributed by atoms with Crippen molar-refractivity contribution < 1.29 is 18.3 Å². The number of hydrogen-bond acceptors (Lipinski definition) is 7. The molecule has 27 heavy (non-hydrogen) atoms. The molecular weight excluding hydrogens is 356 g/mol. The highest BCUT2D eigenvalue weighted by Crippen LogP contribution is 2.28. The summed E-state index contributed by atoms with van der Waals surface area (Å²) in [6.45, 7) is 1.63. The Morgan fingerprint density at radius 2 is 2.07 bits per heavy atom. The molecule has 1 aromatic carbocycles. The fourth-order valence-corrected chi connectivity index (χ4v) is 3.03. The third kappa shape index (κ3) is 3.99. The summed E-state index contributed by atoms with van der Waals surface area (Å²) in [5, 5.41) is 4.70. The Labute approximate surface area is 154 Å². The van der Waals surface area contributed by atoms with E-state index in [0.717, 1.165) is 38.2 Å². The zero-order chi connectivity index (χ0) is 18.8. The van der Waals surface area contributed by atoms with Crippen molar-refractivity contribution in [3.05, 3.63) is 47.4 Å². The van der Waals surface area contributed by atoms with Crippen LogP contribution in [0.2, 0.25) is 0 Å². The highest BCUT2D eigenvalue weighted by atomic mass is 19.1. The number of hydrogen-bond donors (Lipinski definition) is 2. The first-order valence-corrected chi connectivity index (χ1v) is 8.65. The van der Waals surface area contributed by atoms with Crippen molar-refractivity contribution >= 4 is 17.8 Å². The summed E-state index contributed by atoms with van der Waals surface area (Å²) in [7, 11) is 0. The van der Waals surface area contributed by atoms with Gasteiger partial charge < -0.3 is 14.8 Å². The number of nitrogens with zero attached hydrogens (tertiary/aromatic N) is 3. The molecule has 0 radical (unpaired) electrons. The lowest BCUT2D eigenvalue weighted by molar-refractivity contribution is 0.0903. The highest BCUT2D eigenvalue weighted by molar-refractivity contribution is 5.69. The summed E-state index contributed by atoms with van der Waals surface area (Å²) in [5.74, 6) is 6.01. The van der Waals surface area contributed by atoms with Crippen LogP contribution in [0.1, 0.15) is 18.4 Å². The Morgan fingerprint density at radius 3 is 2.85 bits per heavy atom. The van der Waals surface area contributed by atoms with E-state index in [1.54, 1.807) is 12.3 Å². The van der Waals surface area contributed by atoms with E-state index in [1.165, 1.54) is 11.1 Å². The van der Waals surface area contributed by atoms with Crippen molar-refractivity contribution in [1.82, 2.24) is 9.97 Å². The number of ether oxygens (including phenoxy) is 2. The predicted octanol–water partition coefficient (Wildman–Crippen LogP) is 2.46. The van der Waals surface area contributed by atoms with Crippen LogP contribution in [0.3, 0.4) is 0 Å². The molecule has 4 rings (SSSR count). The third-order valence-electron chi connectivity index (χ3n) is 4.40. The van der Waals surface area contributed by atoms with Gasteiger partial charge in [0.25, 0.3) is 0 Å². The second kappa shape index (κ2) is 7.45. The van der Waals surface area contributed by atoms with Gasteiger partial charge in [-0.25, -0.2) is 19.6 Å². The average Bonchev–Trinajstić information content (AvgIpc) is 2.65. The smallest absolute Gasteiger partial charge is 0.224 e. The fraction of sp³-hybridized carbons (Fsp3) is 0.333. The zero-order valence-electron chi connectivity index (χ0n) is 14.5. The molecule has 2 aromatic rings. The minimum absolute atomic E-state index is 0.0711. The lowest BCUT2D eigenvalue weighted by atomic mass is 10.1. The largest absolute Gasteiger partial charge is 0.457 e. The van der Waals surface area contributed by atoms with Crippen molar-refractivity contribution in [3.8, 4) is 5.75 Å². The second-order valence-corrected chi connectivity index (χ2v) is 6.42. The maximum absolute atomic E-state index is 13.8. The summed E-state index contributed by atoms with van der Waals surface area (Å²) in [6, 6.07) is 3.40. The molecule has 2 aliphatic heterocycles. The lowest BCUT2D eigenvalue weighted by Gasteiger charge is -2.27. The zero-order valence-corrected chi connectivity index (χ0v) is 14.5. The summed E-state index contributed by atoms with van der Waals surface area (Å²) < 4.78 is 37.7. The van der Waals surface area contributed by atoms with Gasteiger partial charge in [-0.1, -0.05) is 0 Å². The molecule has 0 aliphatic carbocycles. The minimum atomic E-state index is -0.780. The number of aromatic nitrogens is 2. The Balaban J connectivity index is 1.52. The van der Waals surface area contributed by atoms with E-state index < -0.39 is 11.6 Å². The van der Waals surface area contributed by atoms with Gasteiger partial charge in [0.15, 0.2) is 17.4 Å². The van der Waals surface area contributed by atoms with E-state index in [2.05, 4.69) is 15.3 Å². The van der Waals surface area contributed by atoms with E-state index in [0.29, 0.717) is 23.1 Å². The number of nitrogens with one attached hydrogen (secondary N) is 1. The Bertz CT molecular complexity index is 871. The van der Waals surface area contributed by atoms with Gasteiger partial charge in [0.05, 0.1) is 6.54 Å². The van der Waals surface area contributed by atoms with E-state index in [1.807, 2.05) is 0 Å². The predicted molar refractivity (Wildman–Crippen MR) is 96.0 cm³/mol. The molecule has 1 aromatic heterocycles. The quantitative estimate of drug-likeness (QED) is 0.794. The molecule has 0 spiro atoms. The first kappa shape index (κ1) is 17.6. The van der Waals surface area contributed by atoms with E-state index in [9.17, 15) is 8.78 Å². The maximum Gasteiger partial charge on any atom is 0.224 e. The van der Waals surface area contributed by atoms with Gasteiger partial charge in [0, 0.05) is 37.1 Å². The number of halogens is 2. The van der Waals surface area contributed by atoms with Crippen molar-refractivity contribution in [2.45, 2.75) is 18.9 Å². The molecule has 0 atom stereocenters.